The zero-order chi connectivity index (χ0) is 32.6. The van der Waals surface area contributed by atoms with E-state index in [1.165, 1.54) is 0 Å². The van der Waals surface area contributed by atoms with Gasteiger partial charge in [0.25, 0.3) is 11.8 Å². The van der Waals surface area contributed by atoms with Gasteiger partial charge >= 0.3 is 0 Å². The molecule has 1 saturated heterocycles. The zero-order valence-corrected chi connectivity index (χ0v) is 26.9. The maximum atomic E-state index is 14.2. The molecule has 6 rings (SSSR count). The molecule has 0 N–H and O–H groups in total. The highest BCUT2D eigenvalue weighted by Crippen LogP contribution is 2.38. The maximum Gasteiger partial charge on any atom is 0.257 e. The highest BCUT2D eigenvalue weighted by molar-refractivity contribution is 5.97. The van der Waals surface area contributed by atoms with Crippen molar-refractivity contribution in [3.05, 3.63) is 108 Å². The highest BCUT2D eigenvalue weighted by atomic mass is 16.5. The molecule has 0 saturated carbocycles. The van der Waals surface area contributed by atoms with E-state index in [4.69, 9.17) is 4.74 Å². The van der Waals surface area contributed by atoms with Gasteiger partial charge in [0.2, 0.25) is 0 Å². The number of amides is 2. The minimum Gasteiger partial charge on any atom is -0.492 e. The highest BCUT2D eigenvalue weighted by Gasteiger charge is 2.37. The lowest BCUT2D eigenvalue weighted by atomic mass is 9.75. The number of nitriles is 1. The summed E-state index contributed by atoms with van der Waals surface area (Å²) in [4.78, 5) is 38.2. The number of carbonyl (C=O) groups is 2. The van der Waals surface area contributed by atoms with E-state index < -0.39 is 0 Å². The topological polar surface area (TPSA) is 108 Å². The van der Waals surface area contributed by atoms with Gasteiger partial charge in [-0.15, -0.1) is 0 Å². The number of para-hydroxylation sites is 1. The van der Waals surface area contributed by atoms with Crippen LogP contribution in [-0.2, 0) is 13.1 Å². The summed E-state index contributed by atoms with van der Waals surface area (Å²) in [6.45, 7) is 6.72. The van der Waals surface area contributed by atoms with Gasteiger partial charge in [-0.05, 0) is 62.4 Å². The average Bonchev–Trinajstić information content (AvgIpc) is 3.61. The number of nitrogens with zero attached hydrogens (tertiary/aromatic N) is 7. The number of aryl methyl sites for hydroxylation is 1. The van der Waals surface area contributed by atoms with E-state index in [-0.39, 0.29) is 17.2 Å². The Kier molecular flexibility index (Phi) is 9.81. The van der Waals surface area contributed by atoms with E-state index >= 15 is 0 Å². The molecule has 2 aliphatic rings. The van der Waals surface area contributed by atoms with Crippen LogP contribution in [0.1, 0.15) is 64.4 Å². The molecular weight excluding hydrogens is 590 g/mol. The van der Waals surface area contributed by atoms with E-state index in [1.807, 2.05) is 83.6 Å². The molecule has 0 atom stereocenters. The van der Waals surface area contributed by atoms with Crippen molar-refractivity contribution in [3.63, 3.8) is 0 Å². The first-order chi connectivity index (χ1) is 23.0. The summed E-state index contributed by atoms with van der Waals surface area (Å²) in [5.41, 5.74) is 2.56. The number of rotatable bonds is 5. The Morgan fingerprint density at radius 3 is 2.45 bits per heavy atom. The van der Waals surface area contributed by atoms with E-state index in [2.05, 4.69) is 21.1 Å². The van der Waals surface area contributed by atoms with Crippen LogP contribution in [0.15, 0.2) is 85.3 Å². The number of hydrogen-bond donors (Lipinski definition) is 0. The van der Waals surface area contributed by atoms with Crippen molar-refractivity contribution < 1.29 is 14.3 Å². The fourth-order valence-electron chi connectivity index (χ4n) is 6.57. The van der Waals surface area contributed by atoms with Crippen LogP contribution >= 0.6 is 0 Å². The van der Waals surface area contributed by atoms with Crippen molar-refractivity contribution in [1.82, 2.24) is 24.6 Å². The third-order valence-electron chi connectivity index (χ3n) is 9.45. The molecule has 2 aromatic carbocycles. The number of piperidine rings is 1. The van der Waals surface area contributed by atoms with E-state index in [0.29, 0.717) is 61.8 Å². The van der Waals surface area contributed by atoms with E-state index in [0.717, 1.165) is 50.2 Å². The lowest BCUT2D eigenvalue weighted by Crippen LogP contribution is -2.46. The standard InChI is InChI=1S/C37H41N7O3/c1-2-44-27-31(25-40-44)35(45)42-19-16-37(17-20-42)15-8-18-41(34-14-13-30(23-38)24-39-34)21-22-43(26-29-9-4-3-5-10-29)36(46)32-11-6-7-12-33(32)47-28-37/h3-7,9-14,24-25,27H,2,8,15-22,26,28H2,1H3. The molecule has 2 aliphatic heterocycles. The Labute approximate surface area is 276 Å². The van der Waals surface area contributed by atoms with Crippen molar-refractivity contribution >= 4 is 17.6 Å². The predicted molar refractivity (Wildman–Crippen MR) is 179 cm³/mol. The number of aromatic nitrogens is 3. The van der Waals surface area contributed by atoms with Crippen molar-refractivity contribution in [2.45, 2.75) is 45.7 Å². The fraction of sp³-hybridized carbons (Fsp3) is 0.378. The van der Waals surface area contributed by atoms with Gasteiger partial charge < -0.3 is 19.4 Å². The molecule has 242 valence electrons. The third kappa shape index (κ3) is 7.46. The fourth-order valence-corrected chi connectivity index (χ4v) is 6.57. The summed E-state index contributed by atoms with van der Waals surface area (Å²) in [5, 5.41) is 13.6. The summed E-state index contributed by atoms with van der Waals surface area (Å²) < 4.78 is 8.35. The van der Waals surface area contributed by atoms with Crippen LogP contribution in [0.25, 0.3) is 0 Å². The van der Waals surface area contributed by atoms with Crippen LogP contribution in [0.3, 0.4) is 0 Å². The van der Waals surface area contributed by atoms with Gasteiger partial charge in [-0.1, -0.05) is 42.5 Å². The number of anilines is 1. The van der Waals surface area contributed by atoms with Gasteiger partial charge in [0.05, 0.1) is 29.5 Å². The van der Waals surface area contributed by atoms with Gasteiger partial charge in [0, 0.05) is 63.6 Å². The molecule has 0 unspecified atom stereocenters. The Morgan fingerprint density at radius 1 is 0.936 bits per heavy atom. The molecule has 4 heterocycles. The number of benzene rings is 2. The lowest BCUT2D eigenvalue weighted by molar-refractivity contribution is 0.0363. The Hall–Kier alpha value is -5.17. The predicted octanol–water partition coefficient (Wildman–Crippen LogP) is 5.41. The van der Waals surface area contributed by atoms with Crippen LogP contribution in [0.2, 0.25) is 0 Å². The van der Waals surface area contributed by atoms with Gasteiger partial charge in [-0.3, -0.25) is 14.3 Å². The van der Waals surface area contributed by atoms with Gasteiger partial charge in [-0.25, -0.2) is 4.98 Å². The monoisotopic (exact) mass is 631 g/mol. The Balaban J connectivity index is 1.27. The molecule has 0 bridgehead atoms. The molecule has 2 amide bonds. The Bertz CT molecular complexity index is 1710. The minimum absolute atomic E-state index is 0.0117. The van der Waals surface area contributed by atoms with Crippen molar-refractivity contribution in [2.24, 2.45) is 5.41 Å². The second kappa shape index (κ2) is 14.5. The number of ether oxygens (including phenoxy) is 1. The van der Waals surface area contributed by atoms with Crippen LogP contribution in [0, 0.1) is 16.7 Å². The second-order valence-electron chi connectivity index (χ2n) is 12.5. The molecule has 10 nitrogen and oxygen atoms in total. The molecule has 2 aromatic heterocycles. The first kappa shape index (κ1) is 31.8. The summed E-state index contributed by atoms with van der Waals surface area (Å²) in [6, 6.07) is 23.4. The van der Waals surface area contributed by atoms with Crippen molar-refractivity contribution in [1.29, 1.82) is 5.26 Å². The first-order valence-corrected chi connectivity index (χ1v) is 16.4. The minimum atomic E-state index is -0.165. The zero-order valence-electron chi connectivity index (χ0n) is 26.9. The first-order valence-electron chi connectivity index (χ1n) is 16.4. The van der Waals surface area contributed by atoms with E-state index in [1.54, 1.807) is 23.1 Å². The average molecular weight is 632 g/mol. The van der Waals surface area contributed by atoms with Gasteiger partial charge in [0.15, 0.2) is 0 Å². The molecule has 0 aliphatic carbocycles. The molecule has 1 fully saturated rings. The smallest absolute Gasteiger partial charge is 0.257 e. The summed E-state index contributed by atoms with van der Waals surface area (Å²) in [5.74, 6) is 1.30. The maximum absolute atomic E-state index is 14.2. The quantitative estimate of drug-likeness (QED) is 0.290. The third-order valence-corrected chi connectivity index (χ3v) is 9.45. The molecule has 1 spiro atoms. The largest absolute Gasteiger partial charge is 0.492 e. The van der Waals surface area contributed by atoms with E-state index in [9.17, 15) is 14.9 Å². The van der Waals surface area contributed by atoms with Crippen molar-refractivity contribution in [2.75, 3.05) is 44.2 Å². The number of pyridine rings is 1. The van der Waals surface area contributed by atoms with Crippen LogP contribution in [0.5, 0.6) is 5.75 Å². The van der Waals surface area contributed by atoms with Crippen LogP contribution in [0.4, 0.5) is 5.82 Å². The lowest BCUT2D eigenvalue weighted by Gasteiger charge is -2.42. The number of fused-ring (bicyclic) bond motifs is 1. The molecule has 47 heavy (non-hydrogen) atoms. The normalized spacial score (nSPS) is 17.1. The summed E-state index contributed by atoms with van der Waals surface area (Å²) in [6.07, 6.45) is 8.45. The van der Waals surface area contributed by atoms with Crippen molar-refractivity contribution in [3.8, 4) is 11.8 Å². The molecule has 0 radical (unpaired) electrons. The van der Waals surface area contributed by atoms with Gasteiger partial charge in [-0.2, -0.15) is 10.4 Å². The SMILES string of the molecule is CCn1cc(C(=O)N2CCC3(CCCN(c4ccc(C#N)cn4)CCN(Cc4ccccc4)C(=O)c4ccccc4OC3)CC2)cn1. The summed E-state index contributed by atoms with van der Waals surface area (Å²) >= 11 is 0. The van der Waals surface area contributed by atoms with Crippen LogP contribution < -0.4 is 9.64 Å². The molecule has 4 aromatic rings. The van der Waals surface area contributed by atoms with Gasteiger partial charge in [0.1, 0.15) is 17.6 Å². The Morgan fingerprint density at radius 2 is 1.72 bits per heavy atom. The number of carbonyl (C=O) groups excluding carboxylic acids is 2. The summed E-state index contributed by atoms with van der Waals surface area (Å²) in [7, 11) is 0. The number of hydrogen-bond acceptors (Lipinski definition) is 7. The molecular formula is C37H41N7O3. The second-order valence-corrected chi connectivity index (χ2v) is 12.5. The molecule has 10 heteroatoms. The van der Waals surface area contributed by atoms with Crippen LogP contribution in [-0.4, -0.2) is 75.7 Å². The number of likely N-dealkylation sites (tertiary alicyclic amines) is 1.